The number of hydrogen-bond donors (Lipinski definition) is 2. The van der Waals surface area contributed by atoms with E-state index in [0.717, 1.165) is 29.8 Å². The lowest BCUT2D eigenvalue weighted by Crippen LogP contribution is -2.36. The minimum Gasteiger partial charge on any atom is -0.329 e. The van der Waals surface area contributed by atoms with Crippen LogP contribution in [0.5, 0.6) is 0 Å². The maximum absolute atomic E-state index is 13.0. The van der Waals surface area contributed by atoms with Crippen molar-refractivity contribution in [3.63, 3.8) is 0 Å². The molecular formula is C19H21Cl2N5O2. The third kappa shape index (κ3) is 3.30. The van der Waals surface area contributed by atoms with Gasteiger partial charge >= 0.3 is 0 Å². The highest BCUT2D eigenvalue weighted by atomic mass is 35.5. The molecule has 1 amide bonds. The summed E-state index contributed by atoms with van der Waals surface area (Å²) >= 11 is 6.05. The first-order chi connectivity index (χ1) is 13.0. The first kappa shape index (κ1) is 20.4. The zero-order valence-electron chi connectivity index (χ0n) is 15.6. The van der Waals surface area contributed by atoms with Crippen LogP contribution in [0.4, 0.5) is 5.69 Å². The Morgan fingerprint density at radius 1 is 1.39 bits per heavy atom. The molecule has 0 fully saturated rings. The van der Waals surface area contributed by atoms with Gasteiger partial charge in [-0.1, -0.05) is 17.7 Å². The van der Waals surface area contributed by atoms with Crippen molar-refractivity contribution >= 4 is 41.2 Å². The normalized spacial score (nSPS) is 13.1. The third-order valence-corrected chi connectivity index (χ3v) is 5.21. The number of rotatable bonds is 3. The summed E-state index contributed by atoms with van der Waals surface area (Å²) in [7, 11) is 0. The number of benzene rings is 1. The first-order valence-electron chi connectivity index (χ1n) is 8.91. The van der Waals surface area contributed by atoms with E-state index in [1.54, 1.807) is 12.1 Å². The molecule has 0 radical (unpaired) electrons. The lowest BCUT2D eigenvalue weighted by atomic mass is 10.1. The fourth-order valence-corrected chi connectivity index (χ4v) is 3.77. The van der Waals surface area contributed by atoms with E-state index in [4.69, 9.17) is 11.6 Å². The molecule has 1 aliphatic rings. The topological polar surface area (TPSA) is 80.4 Å². The van der Waals surface area contributed by atoms with Gasteiger partial charge < -0.3 is 15.2 Å². The molecule has 2 N–H and O–H groups in total. The molecule has 3 aromatic rings. The molecule has 4 rings (SSSR count). The molecule has 0 aliphatic carbocycles. The Labute approximate surface area is 173 Å². The van der Waals surface area contributed by atoms with Crippen molar-refractivity contribution in [1.29, 1.82) is 0 Å². The number of nitrogens with zero attached hydrogens (tertiary/aromatic N) is 3. The minimum absolute atomic E-state index is 0. The lowest BCUT2D eigenvalue weighted by molar-refractivity contribution is 0.102. The largest absolute Gasteiger partial charge is 0.329 e. The summed E-state index contributed by atoms with van der Waals surface area (Å²) in [4.78, 5) is 25.8. The summed E-state index contributed by atoms with van der Waals surface area (Å²) in [5.41, 5.74) is 3.96. The Bertz CT molecular complexity index is 1120. The molecule has 1 aromatic carbocycles. The van der Waals surface area contributed by atoms with E-state index in [1.165, 1.54) is 10.7 Å². The van der Waals surface area contributed by atoms with Crippen molar-refractivity contribution in [3.05, 3.63) is 62.2 Å². The lowest BCUT2D eigenvalue weighted by Gasteiger charge is -2.22. The second-order valence-corrected chi connectivity index (χ2v) is 7.04. The van der Waals surface area contributed by atoms with Crippen LogP contribution >= 0.6 is 24.0 Å². The second kappa shape index (κ2) is 7.95. The van der Waals surface area contributed by atoms with Gasteiger partial charge in [0.2, 0.25) is 0 Å². The number of carbonyl (C=O) groups excluding carboxylic acids is 1. The van der Waals surface area contributed by atoms with Crippen LogP contribution in [-0.4, -0.2) is 26.6 Å². The maximum atomic E-state index is 13.0. The van der Waals surface area contributed by atoms with Crippen LogP contribution in [0.2, 0.25) is 5.02 Å². The number of hydrogen-bond acceptors (Lipinski definition) is 4. The molecule has 0 bridgehead atoms. The number of carbonyl (C=O) groups is 1. The standard InChI is InChI=1S/C19H20ClN5O2.ClH/c1-3-24-16-6-7-21-9-13(16)19(27)25-18(24)14(10-22-25)17(26)23-15-8-12(20)5-4-11(15)2;/h4-5,8,10,21H,3,6-7,9H2,1-2H3,(H,23,26);1H. The van der Waals surface area contributed by atoms with Crippen molar-refractivity contribution in [1.82, 2.24) is 19.5 Å². The van der Waals surface area contributed by atoms with Gasteiger partial charge in [0, 0.05) is 42.5 Å². The van der Waals surface area contributed by atoms with Crippen molar-refractivity contribution in [2.75, 3.05) is 11.9 Å². The molecule has 1 aliphatic heterocycles. The number of amides is 1. The van der Waals surface area contributed by atoms with Gasteiger partial charge in [0.1, 0.15) is 5.56 Å². The Balaban J connectivity index is 0.00000225. The van der Waals surface area contributed by atoms with E-state index in [2.05, 4.69) is 15.7 Å². The van der Waals surface area contributed by atoms with Crippen LogP contribution < -0.4 is 16.2 Å². The Hall–Kier alpha value is -2.35. The molecule has 3 heterocycles. The van der Waals surface area contributed by atoms with Gasteiger partial charge in [0.15, 0.2) is 5.65 Å². The van der Waals surface area contributed by atoms with Crippen LogP contribution in [0.3, 0.4) is 0 Å². The second-order valence-electron chi connectivity index (χ2n) is 6.61. The number of aromatic nitrogens is 3. The minimum atomic E-state index is -0.314. The summed E-state index contributed by atoms with van der Waals surface area (Å²) in [5, 5.41) is 10.9. The molecule has 7 nitrogen and oxygen atoms in total. The van der Waals surface area contributed by atoms with E-state index in [0.29, 0.717) is 35.0 Å². The fraction of sp³-hybridized carbons (Fsp3) is 0.316. The molecule has 2 aromatic heterocycles. The van der Waals surface area contributed by atoms with Crippen LogP contribution in [0.15, 0.2) is 29.2 Å². The maximum Gasteiger partial charge on any atom is 0.279 e. The predicted molar refractivity (Wildman–Crippen MR) is 112 cm³/mol. The summed E-state index contributed by atoms with van der Waals surface area (Å²) < 4.78 is 3.35. The van der Waals surface area contributed by atoms with Gasteiger partial charge in [-0.3, -0.25) is 9.59 Å². The molecule has 0 saturated heterocycles. The van der Waals surface area contributed by atoms with Crippen molar-refractivity contribution in [3.8, 4) is 0 Å². The van der Waals surface area contributed by atoms with E-state index in [-0.39, 0.29) is 23.9 Å². The number of fused-ring (bicyclic) bond motifs is 2. The average Bonchev–Trinajstić information content (AvgIpc) is 3.11. The molecule has 9 heteroatoms. The monoisotopic (exact) mass is 421 g/mol. The third-order valence-electron chi connectivity index (χ3n) is 4.97. The van der Waals surface area contributed by atoms with E-state index in [9.17, 15) is 9.59 Å². The van der Waals surface area contributed by atoms with Crippen molar-refractivity contribution in [2.24, 2.45) is 0 Å². The number of aryl methyl sites for hydroxylation is 2. The highest BCUT2D eigenvalue weighted by molar-refractivity contribution is 6.31. The Morgan fingerprint density at radius 2 is 2.18 bits per heavy atom. The molecular weight excluding hydrogens is 401 g/mol. The zero-order chi connectivity index (χ0) is 19.1. The van der Waals surface area contributed by atoms with Crippen molar-refractivity contribution in [2.45, 2.75) is 33.4 Å². The first-order valence-corrected chi connectivity index (χ1v) is 9.29. The molecule has 148 valence electrons. The average molecular weight is 422 g/mol. The molecule has 0 unspecified atom stereocenters. The Kier molecular flexibility index (Phi) is 5.79. The van der Waals surface area contributed by atoms with Crippen LogP contribution in [-0.2, 0) is 19.5 Å². The van der Waals surface area contributed by atoms with Crippen molar-refractivity contribution < 1.29 is 4.79 Å². The van der Waals surface area contributed by atoms with Crippen LogP contribution in [0.1, 0.15) is 34.1 Å². The quantitative estimate of drug-likeness (QED) is 0.681. The van der Waals surface area contributed by atoms with Crippen LogP contribution in [0.25, 0.3) is 5.65 Å². The molecule has 0 spiro atoms. The number of nitrogens with one attached hydrogen (secondary N) is 2. The summed E-state index contributed by atoms with van der Waals surface area (Å²) in [6, 6.07) is 5.33. The zero-order valence-corrected chi connectivity index (χ0v) is 17.2. The predicted octanol–water partition coefficient (Wildman–Crippen LogP) is 2.80. The van der Waals surface area contributed by atoms with Gasteiger partial charge in [0.25, 0.3) is 11.5 Å². The SMILES string of the molecule is CCn1c2c(c(=O)n3ncc(C(=O)Nc4cc(Cl)ccc4C)c13)CNCC2.Cl. The van der Waals surface area contributed by atoms with Gasteiger partial charge in [-0.05, 0) is 31.5 Å². The molecule has 0 saturated carbocycles. The van der Waals surface area contributed by atoms with Gasteiger partial charge in [-0.25, -0.2) is 0 Å². The van der Waals surface area contributed by atoms with Gasteiger partial charge in [-0.15, -0.1) is 12.4 Å². The molecule has 0 atom stereocenters. The van der Waals surface area contributed by atoms with Gasteiger partial charge in [-0.2, -0.15) is 9.61 Å². The van der Waals surface area contributed by atoms with E-state index < -0.39 is 0 Å². The summed E-state index contributed by atoms with van der Waals surface area (Å²) in [6.07, 6.45) is 2.20. The van der Waals surface area contributed by atoms with Gasteiger partial charge in [0.05, 0.1) is 11.8 Å². The van der Waals surface area contributed by atoms with E-state index >= 15 is 0 Å². The molecule has 28 heavy (non-hydrogen) atoms. The summed E-state index contributed by atoms with van der Waals surface area (Å²) in [6.45, 7) is 5.87. The number of halogens is 2. The van der Waals surface area contributed by atoms with E-state index in [1.807, 2.05) is 24.5 Å². The Morgan fingerprint density at radius 3 is 2.93 bits per heavy atom. The highest BCUT2D eigenvalue weighted by Gasteiger charge is 2.24. The number of anilines is 1. The highest BCUT2D eigenvalue weighted by Crippen LogP contribution is 2.22. The van der Waals surface area contributed by atoms with Crippen LogP contribution in [0, 0.1) is 6.92 Å². The summed E-state index contributed by atoms with van der Waals surface area (Å²) in [5.74, 6) is -0.314. The fourth-order valence-electron chi connectivity index (χ4n) is 3.60. The smallest absolute Gasteiger partial charge is 0.279 e.